The molecule has 7 nitrogen and oxygen atoms in total. The van der Waals surface area contributed by atoms with E-state index in [-0.39, 0.29) is 16.8 Å². The molecule has 3 N–H and O–H groups in total. The highest BCUT2D eigenvalue weighted by Gasteiger charge is 2.21. The Morgan fingerprint density at radius 2 is 1.61 bits per heavy atom. The van der Waals surface area contributed by atoms with Crippen LogP contribution in [-0.2, 0) is 10.0 Å². The molecule has 8 heteroatoms. The second-order valence-corrected chi connectivity index (χ2v) is 9.97. The lowest BCUT2D eigenvalue weighted by atomic mass is 10.0. The summed E-state index contributed by atoms with van der Waals surface area (Å²) in [6.45, 7) is 4.19. The number of hydrogen-bond acceptors (Lipinski definition) is 4. The second kappa shape index (κ2) is 9.46. The van der Waals surface area contributed by atoms with Crippen LogP contribution in [0.1, 0.15) is 42.5 Å². The molecule has 0 aliphatic rings. The van der Waals surface area contributed by atoms with Crippen molar-refractivity contribution in [1.82, 2.24) is 15.3 Å². The normalized spacial score (nSPS) is 12.6. The average Bonchev–Trinajstić information content (AvgIpc) is 3.23. The van der Waals surface area contributed by atoms with E-state index in [1.54, 1.807) is 42.5 Å². The first-order valence-electron chi connectivity index (χ1n) is 10.8. The highest BCUT2D eigenvalue weighted by molar-refractivity contribution is 7.92. The number of hydrogen-bond donors (Lipinski definition) is 3. The molecule has 4 aromatic rings. The van der Waals surface area contributed by atoms with Crippen LogP contribution in [-0.4, -0.2) is 24.3 Å². The summed E-state index contributed by atoms with van der Waals surface area (Å²) in [5.74, 6) is 0.808. The van der Waals surface area contributed by atoms with Crippen LogP contribution in [0.15, 0.2) is 83.8 Å². The minimum Gasteiger partial charge on any atom is -0.342 e. The summed E-state index contributed by atoms with van der Waals surface area (Å²) < 4.78 is 27.5. The van der Waals surface area contributed by atoms with Gasteiger partial charge in [-0.1, -0.05) is 44.2 Å². The van der Waals surface area contributed by atoms with Crippen LogP contribution < -0.4 is 10.0 Å². The number of H-pyrrole nitrogens is 1. The van der Waals surface area contributed by atoms with E-state index in [9.17, 15) is 13.2 Å². The van der Waals surface area contributed by atoms with Gasteiger partial charge in [0.1, 0.15) is 5.82 Å². The van der Waals surface area contributed by atoms with Gasteiger partial charge in [-0.25, -0.2) is 13.4 Å². The summed E-state index contributed by atoms with van der Waals surface area (Å²) in [4.78, 5) is 21.1. The van der Waals surface area contributed by atoms with Crippen LogP contribution >= 0.6 is 0 Å². The molecule has 170 valence electrons. The van der Waals surface area contributed by atoms with Crippen molar-refractivity contribution in [2.45, 2.75) is 31.2 Å². The summed E-state index contributed by atoms with van der Waals surface area (Å²) in [5.41, 5.74) is 2.59. The van der Waals surface area contributed by atoms with Gasteiger partial charge in [-0.2, -0.15) is 0 Å². The molecule has 0 radical (unpaired) electrons. The number of carbonyl (C=O) groups excluding carboxylic acids is 1. The monoisotopic (exact) mass is 462 g/mol. The Bertz CT molecular complexity index is 1310. The van der Waals surface area contributed by atoms with Gasteiger partial charge in [0.25, 0.3) is 15.9 Å². The molecule has 0 aliphatic heterocycles. The van der Waals surface area contributed by atoms with E-state index in [0.717, 1.165) is 17.5 Å². The van der Waals surface area contributed by atoms with Gasteiger partial charge in [0.2, 0.25) is 0 Å². The number of amides is 1. The van der Waals surface area contributed by atoms with Crippen molar-refractivity contribution in [3.63, 3.8) is 0 Å². The molecule has 0 bridgehead atoms. The van der Waals surface area contributed by atoms with Crippen LogP contribution in [0.2, 0.25) is 0 Å². The molecule has 0 aliphatic carbocycles. The van der Waals surface area contributed by atoms with E-state index < -0.39 is 10.0 Å². The fourth-order valence-electron chi connectivity index (χ4n) is 3.59. The van der Waals surface area contributed by atoms with Gasteiger partial charge in [0.15, 0.2) is 0 Å². The smallest absolute Gasteiger partial charge is 0.261 e. The molecule has 1 heterocycles. The lowest BCUT2D eigenvalue weighted by Crippen LogP contribution is -2.30. The molecule has 0 fully saturated rings. The van der Waals surface area contributed by atoms with E-state index in [4.69, 9.17) is 0 Å². The summed E-state index contributed by atoms with van der Waals surface area (Å²) in [5, 5.41) is 3.06. The molecule has 1 atom stereocenters. The zero-order valence-corrected chi connectivity index (χ0v) is 19.3. The third-order valence-corrected chi connectivity index (χ3v) is 6.60. The van der Waals surface area contributed by atoms with Gasteiger partial charge in [0.05, 0.1) is 22.0 Å². The molecule has 0 saturated carbocycles. The number of rotatable bonds is 8. The molecule has 1 aromatic heterocycles. The second-order valence-electron chi connectivity index (χ2n) is 8.29. The standard InChI is InChI=1S/C25H26N4O3S/c1-17(2)16-23(24-26-21-10-6-7-11-22(21)27-24)28-25(30)18-12-14-19(15-13-18)29-33(31,32)20-8-4-3-5-9-20/h3-15,17,23,29H,16H2,1-2H3,(H,26,27)(H,28,30). The number of fused-ring (bicyclic) bond motifs is 1. The molecule has 0 spiro atoms. The van der Waals surface area contributed by atoms with Gasteiger partial charge in [-0.3, -0.25) is 9.52 Å². The van der Waals surface area contributed by atoms with Gasteiger partial charge in [-0.05, 0) is 60.9 Å². The quantitative estimate of drug-likeness (QED) is 0.347. The number of para-hydroxylation sites is 2. The molecular formula is C25H26N4O3S. The zero-order chi connectivity index (χ0) is 23.4. The molecule has 4 rings (SSSR count). The zero-order valence-electron chi connectivity index (χ0n) is 18.4. The summed E-state index contributed by atoms with van der Waals surface area (Å²) in [6.07, 6.45) is 0.723. The maximum atomic E-state index is 13.0. The highest BCUT2D eigenvalue weighted by atomic mass is 32.2. The van der Waals surface area contributed by atoms with E-state index in [1.807, 2.05) is 24.3 Å². The summed E-state index contributed by atoms with van der Waals surface area (Å²) in [6, 6.07) is 22.0. The topological polar surface area (TPSA) is 104 Å². The average molecular weight is 463 g/mol. The predicted molar refractivity (Wildman–Crippen MR) is 129 cm³/mol. The van der Waals surface area contributed by atoms with Crippen LogP contribution in [0.5, 0.6) is 0 Å². The first kappa shape index (κ1) is 22.5. The highest BCUT2D eigenvalue weighted by Crippen LogP contribution is 2.23. The van der Waals surface area contributed by atoms with Crippen molar-refractivity contribution in [3.05, 3.63) is 90.3 Å². The molecular weight excluding hydrogens is 436 g/mol. The fourth-order valence-corrected chi connectivity index (χ4v) is 4.67. The minimum atomic E-state index is -3.69. The third kappa shape index (κ3) is 5.40. The van der Waals surface area contributed by atoms with Crippen molar-refractivity contribution in [2.24, 2.45) is 5.92 Å². The molecule has 0 saturated heterocycles. The van der Waals surface area contributed by atoms with Crippen LogP contribution in [0, 0.1) is 5.92 Å². The Labute approximate surface area is 193 Å². The minimum absolute atomic E-state index is 0.175. The third-order valence-electron chi connectivity index (χ3n) is 5.20. The number of nitrogens with zero attached hydrogens (tertiary/aromatic N) is 1. The number of benzene rings is 3. The number of nitrogens with one attached hydrogen (secondary N) is 3. The maximum absolute atomic E-state index is 13.0. The van der Waals surface area contributed by atoms with Gasteiger partial charge in [-0.15, -0.1) is 0 Å². The summed E-state index contributed by atoms with van der Waals surface area (Å²) in [7, 11) is -3.69. The van der Waals surface area contributed by atoms with Crippen molar-refractivity contribution in [1.29, 1.82) is 0 Å². The van der Waals surface area contributed by atoms with Crippen molar-refractivity contribution in [3.8, 4) is 0 Å². The maximum Gasteiger partial charge on any atom is 0.261 e. The van der Waals surface area contributed by atoms with Crippen molar-refractivity contribution in [2.75, 3.05) is 4.72 Å². The van der Waals surface area contributed by atoms with Crippen LogP contribution in [0.25, 0.3) is 11.0 Å². The predicted octanol–water partition coefficient (Wildman–Crippen LogP) is 4.88. The van der Waals surface area contributed by atoms with Gasteiger partial charge < -0.3 is 10.3 Å². The summed E-state index contributed by atoms with van der Waals surface area (Å²) >= 11 is 0. The van der Waals surface area contributed by atoms with Crippen LogP contribution in [0.4, 0.5) is 5.69 Å². The number of aromatic nitrogens is 2. The van der Waals surface area contributed by atoms with Crippen molar-refractivity contribution < 1.29 is 13.2 Å². The number of aromatic amines is 1. The molecule has 3 aromatic carbocycles. The number of imidazole rings is 1. The van der Waals surface area contributed by atoms with E-state index in [1.165, 1.54) is 12.1 Å². The van der Waals surface area contributed by atoms with Gasteiger partial charge >= 0.3 is 0 Å². The molecule has 33 heavy (non-hydrogen) atoms. The van der Waals surface area contributed by atoms with Crippen molar-refractivity contribution >= 4 is 32.7 Å². The molecule has 1 amide bonds. The Kier molecular flexibility index (Phi) is 6.46. The Morgan fingerprint density at radius 3 is 2.27 bits per heavy atom. The van der Waals surface area contributed by atoms with E-state index in [0.29, 0.717) is 23.0 Å². The number of anilines is 1. The van der Waals surface area contributed by atoms with Crippen LogP contribution in [0.3, 0.4) is 0 Å². The Hall–Kier alpha value is -3.65. The van der Waals surface area contributed by atoms with Gasteiger partial charge in [0, 0.05) is 11.3 Å². The lowest BCUT2D eigenvalue weighted by Gasteiger charge is -2.19. The number of sulfonamides is 1. The first-order valence-corrected chi connectivity index (χ1v) is 12.2. The SMILES string of the molecule is CC(C)CC(NC(=O)c1ccc(NS(=O)(=O)c2ccccc2)cc1)c1nc2ccccc2[nH]1. The number of carbonyl (C=O) groups is 1. The Morgan fingerprint density at radius 1 is 0.939 bits per heavy atom. The van der Waals surface area contributed by atoms with E-state index in [2.05, 4.69) is 33.9 Å². The first-order chi connectivity index (χ1) is 15.8. The largest absolute Gasteiger partial charge is 0.342 e. The molecule has 1 unspecified atom stereocenters. The van der Waals surface area contributed by atoms with E-state index >= 15 is 0 Å². The fraction of sp³-hybridized carbons (Fsp3) is 0.200. The lowest BCUT2D eigenvalue weighted by molar-refractivity contribution is 0.0930. The Balaban J connectivity index is 1.49.